The summed E-state index contributed by atoms with van der Waals surface area (Å²) in [5.41, 5.74) is -0.863. The lowest BCUT2D eigenvalue weighted by Gasteiger charge is -2.22. The quantitative estimate of drug-likeness (QED) is 0.504. The number of fused-ring (bicyclic) bond motifs is 1. The highest BCUT2D eigenvalue weighted by atomic mass is 16.5. The fourth-order valence-corrected chi connectivity index (χ4v) is 4.05. The second kappa shape index (κ2) is 9.13. The van der Waals surface area contributed by atoms with Gasteiger partial charge in [-0.2, -0.15) is 4.52 Å². The lowest BCUT2D eigenvalue weighted by atomic mass is 9.96. The lowest BCUT2D eigenvalue weighted by Crippen LogP contribution is -2.37. The maximum atomic E-state index is 13.5. The Morgan fingerprint density at radius 2 is 1.88 bits per heavy atom. The molecule has 11 nitrogen and oxygen atoms in total. The first kappa shape index (κ1) is 23.8. The van der Waals surface area contributed by atoms with Crippen LogP contribution in [0.4, 0.5) is 10.6 Å². The minimum absolute atomic E-state index is 0.0158. The van der Waals surface area contributed by atoms with Crippen LogP contribution in [0.25, 0.3) is 11.7 Å². The molecule has 1 saturated heterocycles. The minimum Gasteiger partial charge on any atom is -0.492 e. The molecule has 4 rings (SSSR count). The molecule has 0 bridgehead atoms. The van der Waals surface area contributed by atoms with Crippen molar-refractivity contribution in [1.82, 2.24) is 19.5 Å². The number of carbonyl (C=O) groups is 2. The summed E-state index contributed by atoms with van der Waals surface area (Å²) < 4.78 is 7.87. The summed E-state index contributed by atoms with van der Waals surface area (Å²) >= 11 is 0. The van der Waals surface area contributed by atoms with Crippen LogP contribution in [0.2, 0.25) is 0 Å². The Balaban J connectivity index is 1.94. The molecule has 0 unspecified atom stereocenters. The van der Waals surface area contributed by atoms with Crippen LogP contribution in [0.3, 0.4) is 0 Å². The highest BCUT2D eigenvalue weighted by Gasteiger charge is 2.31. The van der Waals surface area contributed by atoms with E-state index in [1.807, 2.05) is 26.8 Å². The van der Waals surface area contributed by atoms with Crippen LogP contribution in [-0.2, 0) is 11.3 Å². The molecule has 2 aliphatic rings. The number of hydrogen-bond donors (Lipinski definition) is 4. The smallest absolute Gasteiger partial charge is 0.410 e. The normalized spacial score (nSPS) is 17.4. The van der Waals surface area contributed by atoms with Crippen molar-refractivity contribution in [3.8, 4) is 5.88 Å². The number of anilines is 1. The van der Waals surface area contributed by atoms with Crippen molar-refractivity contribution < 1.29 is 24.5 Å². The lowest BCUT2D eigenvalue weighted by molar-refractivity contribution is 0.0787. The number of carboxylic acid groups (broad SMARTS) is 1. The molecule has 4 N–H and O–H groups in total. The first-order valence-corrected chi connectivity index (χ1v) is 11.5. The van der Waals surface area contributed by atoms with Gasteiger partial charge >= 0.3 is 6.09 Å². The van der Waals surface area contributed by atoms with E-state index in [9.17, 15) is 24.6 Å². The van der Waals surface area contributed by atoms with Gasteiger partial charge in [0.1, 0.15) is 0 Å². The van der Waals surface area contributed by atoms with Gasteiger partial charge in [-0.15, -0.1) is 5.10 Å². The standard InChI is InChI=1S/C23H31N5O6/c1-23(2,3)12-27-19-15(7-4-13-8-10-34-11-9-13)17(25-22(32)33)26-28(19)21(31)16(20(27)30)18(29)24-14-5-6-14/h4,7,13-14,31H,5-6,8-12H2,1-3H3,(H,24,29)(H,25,26)(H,32,33)/b7-4+. The summed E-state index contributed by atoms with van der Waals surface area (Å²) in [6, 6.07) is -0.0158. The SMILES string of the molecule is CC(C)(C)Cn1c(=O)c(C(=O)NC2CC2)c(O)n2nc(NC(=O)O)c(/C=C/C3CCOCC3)c12. The molecule has 1 saturated carbocycles. The van der Waals surface area contributed by atoms with Gasteiger partial charge in [-0.05, 0) is 37.0 Å². The minimum atomic E-state index is -1.33. The highest BCUT2D eigenvalue weighted by molar-refractivity contribution is 5.97. The van der Waals surface area contributed by atoms with Crippen molar-refractivity contribution in [3.63, 3.8) is 0 Å². The predicted molar refractivity (Wildman–Crippen MR) is 125 cm³/mol. The molecular weight excluding hydrogens is 442 g/mol. The zero-order valence-electron chi connectivity index (χ0n) is 19.6. The van der Waals surface area contributed by atoms with E-state index in [0.29, 0.717) is 18.8 Å². The molecule has 0 spiro atoms. The van der Waals surface area contributed by atoms with Gasteiger partial charge < -0.3 is 20.3 Å². The Morgan fingerprint density at radius 1 is 1.21 bits per heavy atom. The third-order valence-corrected chi connectivity index (χ3v) is 5.83. The van der Waals surface area contributed by atoms with Crippen LogP contribution < -0.4 is 16.2 Å². The number of nitrogens with one attached hydrogen (secondary N) is 2. The molecule has 2 fully saturated rings. The van der Waals surface area contributed by atoms with Crippen LogP contribution in [-0.4, -0.2) is 55.7 Å². The summed E-state index contributed by atoms with van der Waals surface area (Å²) in [6.45, 7) is 7.32. The molecule has 11 heteroatoms. The molecule has 1 aliphatic heterocycles. The Labute approximate surface area is 196 Å². The average molecular weight is 474 g/mol. The van der Waals surface area contributed by atoms with E-state index in [-0.39, 0.29) is 35.4 Å². The van der Waals surface area contributed by atoms with Crippen molar-refractivity contribution in [2.75, 3.05) is 18.5 Å². The maximum Gasteiger partial charge on any atom is 0.410 e. The van der Waals surface area contributed by atoms with Crippen molar-refractivity contribution >= 4 is 29.5 Å². The Hall–Kier alpha value is -3.34. The zero-order chi connectivity index (χ0) is 24.6. The monoisotopic (exact) mass is 473 g/mol. The van der Waals surface area contributed by atoms with Gasteiger partial charge in [0.05, 0.1) is 5.56 Å². The van der Waals surface area contributed by atoms with Crippen LogP contribution in [0.5, 0.6) is 5.88 Å². The van der Waals surface area contributed by atoms with E-state index < -0.39 is 29.0 Å². The van der Waals surface area contributed by atoms with Gasteiger partial charge in [0.2, 0.25) is 5.88 Å². The van der Waals surface area contributed by atoms with Crippen molar-refractivity contribution in [1.29, 1.82) is 0 Å². The number of ether oxygens (including phenoxy) is 1. The fraction of sp³-hybridized carbons (Fsp3) is 0.565. The average Bonchev–Trinajstić information content (AvgIpc) is 3.49. The van der Waals surface area contributed by atoms with Crippen LogP contribution in [0.1, 0.15) is 62.4 Å². The third-order valence-electron chi connectivity index (χ3n) is 5.83. The van der Waals surface area contributed by atoms with Gasteiger partial charge in [-0.1, -0.05) is 32.9 Å². The first-order valence-electron chi connectivity index (χ1n) is 11.5. The fourth-order valence-electron chi connectivity index (χ4n) is 4.05. The number of amides is 2. The van der Waals surface area contributed by atoms with Gasteiger partial charge in [0.25, 0.3) is 11.5 Å². The van der Waals surface area contributed by atoms with Gasteiger partial charge in [-0.25, -0.2) is 4.79 Å². The highest BCUT2D eigenvalue weighted by Crippen LogP contribution is 2.30. The van der Waals surface area contributed by atoms with Crippen molar-refractivity contribution in [2.45, 2.75) is 59.0 Å². The summed E-state index contributed by atoms with van der Waals surface area (Å²) in [5, 5.41) is 29.6. The number of nitrogens with zero attached hydrogens (tertiary/aromatic N) is 3. The molecular formula is C23H31N5O6. The molecule has 2 aromatic heterocycles. The van der Waals surface area contributed by atoms with E-state index in [1.165, 1.54) is 4.57 Å². The topological polar surface area (TPSA) is 147 Å². The largest absolute Gasteiger partial charge is 0.492 e. The van der Waals surface area contributed by atoms with Crippen LogP contribution >= 0.6 is 0 Å². The van der Waals surface area contributed by atoms with E-state index in [1.54, 1.807) is 6.08 Å². The van der Waals surface area contributed by atoms with Gasteiger partial charge in [-0.3, -0.25) is 19.5 Å². The Morgan fingerprint density at radius 3 is 2.47 bits per heavy atom. The van der Waals surface area contributed by atoms with Crippen LogP contribution in [0, 0.1) is 11.3 Å². The molecule has 0 radical (unpaired) electrons. The van der Waals surface area contributed by atoms with Crippen LogP contribution in [0.15, 0.2) is 10.9 Å². The summed E-state index contributed by atoms with van der Waals surface area (Å²) in [7, 11) is 0. The first-order chi connectivity index (χ1) is 16.0. The molecule has 34 heavy (non-hydrogen) atoms. The molecule has 1 aliphatic carbocycles. The zero-order valence-corrected chi connectivity index (χ0v) is 19.6. The molecule has 3 heterocycles. The summed E-state index contributed by atoms with van der Waals surface area (Å²) in [6.07, 6.45) is 5.63. The molecule has 0 atom stereocenters. The number of allylic oxidation sites excluding steroid dienone is 1. The molecule has 2 amide bonds. The third kappa shape index (κ3) is 5.09. The second-order valence-corrected chi connectivity index (χ2v) is 10.1. The number of hydrogen-bond acceptors (Lipinski definition) is 6. The van der Waals surface area contributed by atoms with E-state index in [2.05, 4.69) is 15.7 Å². The second-order valence-electron chi connectivity index (χ2n) is 10.1. The summed E-state index contributed by atoms with van der Waals surface area (Å²) in [5.74, 6) is -1.10. The van der Waals surface area contributed by atoms with E-state index in [4.69, 9.17) is 4.74 Å². The predicted octanol–water partition coefficient (Wildman–Crippen LogP) is 2.67. The number of carbonyl (C=O) groups excluding carboxylic acids is 1. The molecule has 184 valence electrons. The maximum absolute atomic E-state index is 13.5. The van der Waals surface area contributed by atoms with E-state index >= 15 is 0 Å². The number of aromatic hydroxyl groups is 1. The van der Waals surface area contributed by atoms with Gasteiger partial charge in [0, 0.05) is 25.8 Å². The Kier molecular flexibility index (Phi) is 6.39. The summed E-state index contributed by atoms with van der Waals surface area (Å²) in [4.78, 5) is 37.9. The number of aromatic nitrogens is 3. The van der Waals surface area contributed by atoms with Crippen molar-refractivity contribution in [3.05, 3.63) is 27.6 Å². The van der Waals surface area contributed by atoms with Crippen molar-refractivity contribution in [2.24, 2.45) is 11.3 Å². The molecule has 2 aromatic rings. The number of rotatable bonds is 6. The van der Waals surface area contributed by atoms with Gasteiger partial charge in [0.15, 0.2) is 17.0 Å². The molecule has 0 aromatic carbocycles. The van der Waals surface area contributed by atoms with E-state index in [0.717, 1.165) is 30.2 Å². The Bertz CT molecular complexity index is 1200.